The predicted octanol–water partition coefficient (Wildman–Crippen LogP) is 3.50. The van der Waals surface area contributed by atoms with Gasteiger partial charge in [0, 0.05) is 11.6 Å². The van der Waals surface area contributed by atoms with Gasteiger partial charge < -0.3 is 10.2 Å². The van der Waals surface area contributed by atoms with Gasteiger partial charge in [-0.25, -0.2) is 18.0 Å². The van der Waals surface area contributed by atoms with Crippen LogP contribution in [0, 0.1) is 17.5 Å². The molecule has 2 heterocycles. The number of carbonyl (C=O) groups excluding carboxylic acids is 3. The molecule has 1 N–H and O–H groups in total. The molecule has 160 valence electrons. The number of hydrogen-bond acceptors (Lipinski definition) is 4. The monoisotopic (exact) mass is 447 g/mol. The molecule has 2 atom stereocenters. The summed E-state index contributed by atoms with van der Waals surface area (Å²) in [6.45, 7) is -0.748. The van der Waals surface area contributed by atoms with Crippen molar-refractivity contribution in [2.24, 2.45) is 0 Å². The highest BCUT2D eigenvalue weighted by Crippen LogP contribution is 2.35. The molecular weight excluding hydrogens is 431 g/mol. The molecule has 4 rings (SSSR count). The number of imide groups is 1. The van der Waals surface area contributed by atoms with Gasteiger partial charge in [0.25, 0.3) is 0 Å². The normalized spacial score (nSPS) is 20.2. The number of benzene rings is 2. The molecule has 1 fully saturated rings. The highest BCUT2D eigenvalue weighted by Gasteiger charge is 2.47. The van der Waals surface area contributed by atoms with E-state index in [2.05, 4.69) is 5.32 Å². The standard InChI is InChI=1S/C21H16F3N3O3S/c22-13-5-6-16(15(24)9-13)25-18(28)11-26-17-7-8-31-19(17)20(29)27(21(26)30)10-12-3-1-2-4-14(12)23/h1-9,17,19H,10-11H2,(H,25,28). The molecule has 1 saturated heterocycles. The number of rotatable bonds is 5. The minimum atomic E-state index is -0.955. The highest BCUT2D eigenvalue weighted by atomic mass is 32.2. The Bertz CT molecular complexity index is 1090. The molecule has 2 aliphatic rings. The molecule has 0 saturated carbocycles. The lowest BCUT2D eigenvalue weighted by atomic mass is 10.1. The van der Waals surface area contributed by atoms with Crippen molar-refractivity contribution in [3.8, 4) is 0 Å². The summed E-state index contributed by atoms with van der Waals surface area (Å²) in [4.78, 5) is 40.5. The van der Waals surface area contributed by atoms with Gasteiger partial charge in [-0.15, -0.1) is 11.8 Å². The van der Waals surface area contributed by atoms with Crippen molar-refractivity contribution in [3.63, 3.8) is 0 Å². The molecule has 0 aliphatic carbocycles. The molecule has 2 aromatic carbocycles. The van der Waals surface area contributed by atoms with Gasteiger partial charge in [-0.05, 0) is 23.6 Å². The second-order valence-electron chi connectivity index (χ2n) is 6.97. The Kier molecular flexibility index (Phi) is 5.73. The van der Waals surface area contributed by atoms with Crippen molar-refractivity contribution in [1.29, 1.82) is 0 Å². The number of fused-ring (bicyclic) bond motifs is 1. The minimum absolute atomic E-state index is 0.163. The zero-order valence-electron chi connectivity index (χ0n) is 15.9. The van der Waals surface area contributed by atoms with Gasteiger partial charge in [0.05, 0.1) is 18.3 Å². The molecular formula is C21H16F3N3O3S. The molecule has 2 unspecified atom stereocenters. The van der Waals surface area contributed by atoms with Crippen LogP contribution < -0.4 is 5.32 Å². The van der Waals surface area contributed by atoms with Crippen molar-refractivity contribution in [3.05, 3.63) is 77.0 Å². The number of nitrogens with zero attached hydrogens (tertiary/aromatic N) is 2. The molecule has 0 aromatic heterocycles. The fraction of sp³-hybridized carbons (Fsp3) is 0.190. The van der Waals surface area contributed by atoms with Crippen LogP contribution in [-0.2, 0) is 16.1 Å². The molecule has 4 amide bonds. The fourth-order valence-corrected chi connectivity index (χ4v) is 4.51. The van der Waals surface area contributed by atoms with Crippen LogP contribution in [0.15, 0.2) is 53.9 Å². The number of thioether (sulfide) groups is 1. The van der Waals surface area contributed by atoms with E-state index < -0.39 is 53.1 Å². The predicted molar refractivity (Wildman–Crippen MR) is 108 cm³/mol. The van der Waals surface area contributed by atoms with Crippen molar-refractivity contribution in [2.45, 2.75) is 17.8 Å². The summed E-state index contributed by atoms with van der Waals surface area (Å²) in [5, 5.41) is 3.30. The zero-order valence-corrected chi connectivity index (χ0v) is 16.7. The van der Waals surface area contributed by atoms with Crippen molar-refractivity contribution in [2.75, 3.05) is 11.9 Å². The van der Waals surface area contributed by atoms with Crippen molar-refractivity contribution in [1.82, 2.24) is 9.80 Å². The number of anilines is 1. The van der Waals surface area contributed by atoms with Gasteiger partial charge in [-0.2, -0.15) is 0 Å². The molecule has 0 radical (unpaired) electrons. The number of hydrogen-bond donors (Lipinski definition) is 1. The van der Waals surface area contributed by atoms with Crippen LogP contribution in [0.1, 0.15) is 5.56 Å². The minimum Gasteiger partial charge on any atom is -0.322 e. The lowest BCUT2D eigenvalue weighted by Crippen LogP contribution is -2.62. The maximum absolute atomic E-state index is 14.1. The SMILES string of the molecule is O=C(CN1C(=O)N(Cc2ccccc2F)C(=O)C2SC=CC21)Nc1ccc(F)cc1F. The molecule has 2 aliphatic heterocycles. The van der Waals surface area contributed by atoms with Gasteiger partial charge in [-0.3, -0.25) is 14.5 Å². The Hall–Kier alpha value is -3.27. The lowest BCUT2D eigenvalue weighted by Gasteiger charge is -2.40. The first-order valence-corrected chi connectivity index (χ1v) is 10.2. The Morgan fingerprint density at radius 3 is 2.58 bits per heavy atom. The molecule has 2 aromatic rings. The van der Waals surface area contributed by atoms with E-state index in [4.69, 9.17) is 0 Å². The molecule has 31 heavy (non-hydrogen) atoms. The Morgan fingerprint density at radius 2 is 1.84 bits per heavy atom. The summed E-state index contributed by atoms with van der Waals surface area (Å²) in [7, 11) is 0. The largest absolute Gasteiger partial charge is 0.328 e. The Balaban J connectivity index is 1.54. The quantitative estimate of drug-likeness (QED) is 0.762. The zero-order chi connectivity index (χ0) is 22.1. The van der Waals surface area contributed by atoms with Gasteiger partial charge in [0.15, 0.2) is 0 Å². The summed E-state index contributed by atoms with van der Waals surface area (Å²) < 4.78 is 41.0. The van der Waals surface area contributed by atoms with Crippen LogP contribution in [0.4, 0.5) is 23.7 Å². The van der Waals surface area contributed by atoms with Gasteiger partial charge in [0.2, 0.25) is 11.8 Å². The highest BCUT2D eigenvalue weighted by molar-refractivity contribution is 8.03. The topological polar surface area (TPSA) is 69.7 Å². The van der Waals surface area contributed by atoms with Gasteiger partial charge in [0.1, 0.15) is 29.2 Å². The van der Waals surface area contributed by atoms with E-state index in [0.29, 0.717) is 6.07 Å². The summed E-state index contributed by atoms with van der Waals surface area (Å²) in [6, 6.07) is 7.06. The first kappa shape index (κ1) is 21.0. The number of halogens is 3. The first-order chi connectivity index (χ1) is 14.8. The summed E-state index contributed by atoms with van der Waals surface area (Å²) >= 11 is 1.20. The number of urea groups is 1. The maximum atomic E-state index is 14.1. The second-order valence-corrected chi connectivity index (χ2v) is 8.03. The summed E-state index contributed by atoms with van der Waals surface area (Å²) in [5.41, 5.74) is -0.0700. The van der Waals surface area contributed by atoms with Gasteiger partial charge >= 0.3 is 6.03 Å². The number of amides is 4. The van der Waals surface area contributed by atoms with Crippen LogP contribution in [0.25, 0.3) is 0 Å². The Labute approximate surface area is 179 Å². The van der Waals surface area contributed by atoms with Crippen LogP contribution in [0.3, 0.4) is 0 Å². The van der Waals surface area contributed by atoms with Crippen molar-refractivity contribution < 1.29 is 27.6 Å². The third kappa shape index (κ3) is 4.15. The molecule has 0 bridgehead atoms. The van der Waals surface area contributed by atoms with E-state index in [0.717, 1.165) is 17.0 Å². The molecule has 10 heteroatoms. The van der Waals surface area contributed by atoms with Crippen LogP contribution in [0.5, 0.6) is 0 Å². The Morgan fingerprint density at radius 1 is 1.06 bits per heavy atom. The third-order valence-electron chi connectivity index (χ3n) is 4.96. The third-order valence-corrected chi connectivity index (χ3v) is 6.05. The van der Waals surface area contributed by atoms with E-state index in [1.165, 1.54) is 34.9 Å². The average molecular weight is 447 g/mol. The summed E-state index contributed by atoms with van der Waals surface area (Å²) in [5.74, 6) is -3.50. The average Bonchev–Trinajstić information content (AvgIpc) is 3.22. The van der Waals surface area contributed by atoms with Crippen LogP contribution in [-0.4, -0.2) is 45.5 Å². The molecule has 6 nitrogen and oxygen atoms in total. The maximum Gasteiger partial charge on any atom is 0.328 e. The van der Waals surface area contributed by atoms with E-state index >= 15 is 0 Å². The van der Waals surface area contributed by atoms with Crippen molar-refractivity contribution >= 4 is 35.3 Å². The second kappa shape index (κ2) is 8.46. The number of nitrogens with one attached hydrogen (secondary N) is 1. The van der Waals surface area contributed by atoms with Crippen LogP contribution in [0.2, 0.25) is 0 Å². The van der Waals surface area contributed by atoms with E-state index in [-0.39, 0.29) is 17.8 Å². The van der Waals surface area contributed by atoms with E-state index in [1.54, 1.807) is 17.6 Å². The first-order valence-electron chi connectivity index (χ1n) is 9.27. The summed E-state index contributed by atoms with van der Waals surface area (Å²) in [6.07, 6.45) is 1.64. The number of carbonyl (C=O) groups is 3. The van der Waals surface area contributed by atoms with Crippen LogP contribution >= 0.6 is 11.8 Å². The van der Waals surface area contributed by atoms with E-state index in [9.17, 15) is 27.6 Å². The van der Waals surface area contributed by atoms with Gasteiger partial charge in [-0.1, -0.05) is 24.3 Å². The molecule has 0 spiro atoms. The smallest absolute Gasteiger partial charge is 0.322 e. The lowest BCUT2D eigenvalue weighted by molar-refractivity contribution is -0.133. The van der Waals surface area contributed by atoms with E-state index in [1.807, 2.05) is 0 Å². The fourth-order valence-electron chi connectivity index (χ4n) is 3.44.